The molecular weight excluding hydrogens is 250 g/mol. The van der Waals surface area contributed by atoms with Crippen molar-refractivity contribution in [3.05, 3.63) is 29.3 Å². The first-order valence-corrected chi connectivity index (χ1v) is 7.31. The second-order valence-corrected chi connectivity index (χ2v) is 6.17. The summed E-state index contributed by atoms with van der Waals surface area (Å²) in [5.41, 5.74) is 9.00. The summed E-state index contributed by atoms with van der Waals surface area (Å²) >= 11 is 0. The topological polar surface area (TPSA) is 50.9 Å². The molecule has 2 N–H and O–H groups in total. The highest BCUT2D eigenvalue weighted by Crippen LogP contribution is 2.38. The van der Waals surface area contributed by atoms with Crippen molar-refractivity contribution in [2.24, 2.45) is 10.7 Å². The first-order chi connectivity index (χ1) is 9.55. The summed E-state index contributed by atoms with van der Waals surface area (Å²) in [5.74, 6) is 1.63. The summed E-state index contributed by atoms with van der Waals surface area (Å²) in [6.45, 7) is 5.20. The number of guanidine groups is 1. The molecule has 0 amide bonds. The first-order valence-electron chi connectivity index (χ1n) is 7.31. The summed E-state index contributed by atoms with van der Waals surface area (Å²) in [5, 5.41) is 0. The minimum atomic E-state index is 0.0671. The quantitative estimate of drug-likeness (QED) is 0.896. The predicted molar refractivity (Wildman–Crippen MR) is 81.2 cm³/mol. The van der Waals surface area contributed by atoms with Crippen molar-refractivity contribution in [3.8, 4) is 5.75 Å². The van der Waals surface area contributed by atoms with E-state index >= 15 is 0 Å². The lowest BCUT2D eigenvalue weighted by atomic mass is 9.77. The molecule has 0 radical (unpaired) electrons. The highest BCUT2D eigenvalue weighted by Gasteiger charge is 2.45. The van der Waals surface area contributed by atoms with Crippen molar-refractivity contribution in [2.45, 2.75) is 44.7 Å². The zero-order valence-corrected chi connectivity index (χ0v) is 12.5. The molecule has 1 heterocycles. The number of methoxy groups -OCH3 is 1. The molecule has 0 fully saturated rings. The van der Waals surface area contributed by atoms with Crippen LogP contribution in [0, 0.1) is 0 Å². The number of fused-ring (bicyclic) bond motifs is 1. The smallest absolute Gasteiger partial charge is 0.192 e. The molecule has 0 saturated carbocycles. The number of aliphatic imine (C=N–C) groups is 1. The van der Waals surface area contributed by atoms with Crippen LogP contribution in [0.5, 0.6) is 5.75 Å². The van der Waals surface area contributed by atoms with Gasteiger partial charge in [-0.25, -0.2) is 0 Å². The Morgan fingerprint density at radius 2 is 2.15 bits per heavy atom. The van der Waals surface area contributed by atoms with Crippen molar-refractivity contribution in [1.29, 1.82) is 0 Å². The molecule has 108 valence electrons. The van der Waals surface area contributed by atoms with Crippen molar-refractivity contribution in [3.63, 3.8) is 0 Å². The standard InChI is InChI=1S/C16H23N3O/c1-11(2)19-15(17)18-10-16(19)7-6-12-4-5-14(20-3)8-13(12)9-16/h4-5,8,11H,6-7,9-10H2,1-3H3,(H2,17,18). The Balaban J connectivity index is 1.95. The number of benzene rings is 1. The van der Waals surface area contributed by atoms with Crippen LogP contribution in [0.15, 0.2) is 23.2 Å². The molecule has 4 heteroatoms. The lowest BCUT2D eigenvalue weighted by Gasteiger charge is -2.45. The van der Waals surface area contributed by atoms with Gasteiger partial charge in [-0.05, 0) is 56.4 Å². The largest absolute Gasteiger partial charge is 0.497 e. The van der Waals surface area contributed by atoms with E-state index in [2.05, 4.69) is 41.9 Å². The molecule has 1 aromatic carbocycles. The van der Waals surface area contributed by atoms with E-state index < -0.39 is 0 Å². The molecule has 3 rings (SSSR count). The summed E-state index contributed by atoms with van der Waals surface area (Å²) in [6.07, 6.45) is 3.21. The fourth-order valence-electron chi connectivity index (χ4n) is 3.72. The second kappa shape index (κ2) is 4.69. The number of hydrogen-bond donors (Lipinski definition) is 1. The van der Waals surface area contributed by atoms with Gasteiger partial charge in [-0.2, -0.15) is 0 Å². The van der Waals surface area contributed by atoms with Crippen LogP contribution in [0.25, 0.3) is 0 Å². The van der Waals surface area contributed by atoms with Gasteiger partial charge in [-0.3, -0.25) is 4.99 Å². The Morgan fingerprint density at radius 3 is 2.85 bits per heavy atom. The Hall–Kier alpha value is -1.71. The summed E-state index contributed by atoms with van der Waals surface area (Å²) < 4.78 is 5.36. The maximum atomic E-state index is 6.11. The molecule has 0 saturated heterocycles. The molecule has 1 aromatic rings. The number of nitrogens with zero attached hydrogens (tertiary/aromatic N) is 2. The van der Waals surface area contributed by atoms with Gasteiger partial charge in [0.25, 0.3) is 0 Å². The number of rotatable bonds is 2. The third-order valence-corrected chi connectivity index (χ3v) is 4.60. The lowest BCUT2D eigenvalue weighted by molar-refractivity contribution is 0.145. The Kier molecular flexibility index (Phi) is 3.11. The number of hydrogen-bond acceptors (Lipinski definition) is 4. The van der Waals surface area contributed by atoms with E-state index in [-0.39, 0.29) is 5.54 Å². The summed E-state index contributed by atoms with van der Waals surface area (Å²) in [7, 11) is 1.72. The van der Waals surface area contributed by atoms with Crippen molar-refractivity contribution < 1.29 is 4.74 Å². The van der Waals surface area contributed by atoms with E-state index in [1.807, 2.05) is 0 Å². The van der Waals surface area contributed by atoms with Crippen molar-refractivity contribution >= 4 is 5.96 Å². The third-order valence-electron chi connectivity index (χ3n) is 4.60. The van der Waals surface area contributed by atoms with E-state index in [1.54, 1.807) is 7.11 Å². The number of aryl methyl sites for hydroxylation is 1. The van der Waals surface area contributed by atoms with Gasteiger partial charge in [0.2, 0.25) is 0 Å². The maximum Gasteiger partial charge on any atom is 0.192 e. The Labute approximate surface area is 120 Å². The average Bonchev–Trinajstić information content (AvgIpc) is 2.74. The van der Waals surface area contributed by atoms with Gasteiger partial charge < -0.3 is 15.4 Å². The number of nitrogens with two attached hydrogens (primary N) is 1. The summed E-state index contributed by atoms with van der Waals surface area (Å²) in [4.78, 5) is 6.84. The average molecular weight is 273 g/mol. The fourth-order valence-corrected chi connectivity index (χ4v) is 3.72. The molecule has 0 aromatic heterocycles. The van der Waals surface area contributed by atoms with Crippen LogP contribution >= 0.6 is 0 Å². The molecule has 0 bridgehead atoms. The van der Waals surface area contributed by atoms with Crippen LogP contribution in [-0.2, 0) is 12.8 Å². The van der Waals surface area contributed by atoms with Gasteiger partial charge in [0.1, 0.15) is 5.75 Å². The van der Waals surface area contributed by atoms with Crippen LogP contribution in [0.1, 0.15) is 31.4 Å². The van der Waals surface area contributed by atoms with E-state index in [4.69, 9.17) is 10.5 Å². The van der Waals surface area contributed by atoms with E-state index in [0.29, 0.717) is 12.0 Å². The normalized spacial score (nSPS) is 25.0. The van der Waals surface area contributed by atoms with Crippen molar-refractivity contribution in [1.82, 2.24) is 4.90 Å². The van der Waals surface area contributed by atoms with E-state index in [9.17, 15) is 0 Å². The molecule has 4 nitrogen and oxygen atoms in total. The Morgan fingerprint density at radius 1 is 1.35 bits per heavy atom. The van der Waals surface area contributed by atoms with Gasteiger partial charge in [0.15, 0.2) is 5.96 Å². The molecule has 1 atom stereocenters. The van der Waals surface area contributed by atoms with Crippen LogP contribution in [0.2, 0.25) is 0 Å². The zero-order chi connectivity index (χ0) is 14.3. The van der Waals surface area contributed by atoms with E-state index in [1.165, 1.54) is 11.1 Å². The second-order valence-electron chi connectivity index (χ2n) is 6.17. The van der Waals surface area contributed by atoms with Crippen LogP contribution in [-0.4, -0.2) is 36.1 Å². The lowest BCUT2D eigenvalue weighted by Crippen LogP contribution is -2.57. The maximum absolute atomic E-state index is 6.11. The minimum Gasteiger partial charge on any atom is -0.497 e. The Bertz CT molecular complexity index is 553. The van der Waals surface area contributed by atoms with Crippen molar-refractivity contribution in [2.75, 3.05) is 13.7 Å². The SMILES string of the molecule is COc1ccc2c(c1)CC1(CC2)CN=C(N)N1C(C)C. The minimum absolute atomic E-state index is 0.0671. The van der Waals surface area contributed by atoms with Gasteiger partial charge >= 0.3 is 0 Å². The molecule has 2 aliphatic rings. The predicted octanol–water partition coefficient (Wildman–Crippen LogP) is 1.96. The monoisotopic (exact) mass is 273 g/mol. The van der Waals surface area contributed by atoms with Crippen LogP contribution < -0.4 is 10.5 Å². The zero-order valence-electron chi connectivity index (χ0n) is 12.5. The molecule has 20 heavy (non-hydrogen) atoms. The molecule has 1 aliphatic heterocycles. The van der Waals surface area contributed by atoms with Gasteiger partial charge in [0, 0.05) is 6.04 Å². The highest BCUT2D eigenvalue weighted by molar-refractivity contribution is 5.81. The molecule has 1 spiro atoms. The van der Waals surface area contributed by atoms with Gasteiger partial charge in [-0.15, -0.1) is 0 Å². The number of ether oxygens (including phenoxy) is 1. The molecule has 1 unspecified atom stereocenters. The van der Waals surface area contributed by atoms with E-state index in [0.717, 1.165) is 31.6 Å². The fraction of sp³-hybridized carbons (Fsp3) is 0.562. The highest BCUT2D eigenvalue weighted by atomic mass is 16.5. The third kappa shape index (κ3) is 1.94. The van der Waals surface area contributed by atoms with Gasteiger partial charge in [-0.1, -0.05) is 6.07 Å². The van der Waals surface area contributed by atoms with Gasteiger partial charge in [0.05, 0.1) is 19.2 Å². The molecular formula is C16H23N3O. The van der Waals surface area contributed by atoms with Crippen LogP contribution in [0.4, 0.5) is 0 Å². The first kappa shape index (κ1) is 13.3. The van der Waals surface area contributed by atoms with Crippen LogP contribution in [0.3, 0.4) is 0 Å². The summed E-state index contributed by atoms with van der Waals surface area (Å²) in [6, 6.07) is 6.80. The molecule has 1 aliphatic carbocycles.